The molecule has 0 bridgehead atoms. The predicted molar refractivity (Wildman–Crippen MR) is 83.8 cm³/mol. The van der Waals surface area contributed by atoms with Crippen molar-refractivity contribution in [2.45, 2.75) is 12.7 Å². The van der Waals surface area contributed by atoms with E-state index in [1.165, 1.54) is 0 Å². The Bertz CT molecular complexity index is 1090. The molecular formula is C16H10F7N5O. The minimum absolute atomic E-state index is 0.0202. The number of nitrogens with zero attached hydrogens (tertiary/aromatic N) is 4. The number of nitrogens with one attached hydrogen (secondary N) is 1. The van der Waals surface area contributed by atoms with Crippen molar-refractivity contribution in [3.8, 4) is 0 Å². The summed E-state index contributed by atoms with van der Waals surface area (Å²) in [6.07, 6.45) is -2.59. The van der Waals surface area contributed by atoms with Crippen LogP contribution in [0.4, 0.5) is 36.4 Å². The number of carbonyl (C=O) groups is 1. The average molecular weight is 421 g/mol. The van der Waals surface area contributed by atoms with E-state index < -0.39 is 58.8 Å². The first kappa shape index (κ1) is 20.4. The number of hydrogen-bond acceptors (Lipinski definition) is 3. The Hall–Kier alpha value is -3.38. The van der Waals surface area contributed by atoms with Gasteiger partial charge in [0.05, 0.1) is 18.4 Å². The van der Waals surface area contributed by atoms with E-state index in [0.717, 1.165) is 28.8 Å². The Balaban J connectivity index is 1.77. The molecule has 0 aliphatic heterocycles. The van der Waals surface area contributed by atoms with Gasteiger partial charge in [0, 0.05) is 30.9 Å². The minimum atomic E-state index is -4.74. The number of aromatic nitrogens is 4. The van der Waals surface area contributed by atoms with Crippen LogP contribution < -0.4 is 5.32 Å². The lowest BCUT2D eigenvalue weighted by atomic mass is 10.2. The van der Waals surface area contributed by atoms with Crippen LogP contribution in [0.3, 0.4) is 0 Å². The number of halogens is 7. The van der Waals surface area contributed by atoms with Gasteiger partial charge < -0.3 is 5.32 Å². The van der Waals surface area contributed by atoms with E-state index in [9.17, 15) is 35.5 Å². The first-order chi connectivity index (χ1) is 13.5. The fraction of sp³-hybridized carbons (Fsp3) is 0.188. The largest absolute Gasteiger partial charge is 0.435 e. The van der Waals surface area contributed by atoms with Crippen molar-refractivity contribution in [3.05, 3.63) is 64.7 Å². The molecule has 29 heavy (non-hydrogen) atoms. The number of rotatable bonds is 4. The molecule has 0 fully saturated rings. The lowest BCUT2D eigenvalue weighted by Gasteiger charge is -2.07. The summed E-state index contributed by atoms with van der Waals surface area (Å²) in [4.78, 5) is 12.1. The average Bonchev–Trinajstić information content (AvgIpc) is 3.23. The van der Waals surface area contributed by atoms with Gasteiger partial charge in [-0.2, -0.15) is 23.4 Å². The number of aryl methyl sites for hydroxylation is 1. The first-order valence-electron chi connectivity index (χ1n) is 7.74. The molecule has 1 N–H and O–H groups in total. The number of hydrogen-bond donors (Lipinski definition) is 1. The van der Waals surface area contributed by atoms with Gasteiger partial charge in [0.15, 0.2) is 23.1 Å². The molecule has 154 valence electrons. The van der Waals surface area contributed by atoms with E-state index in [0.29, 0.717) is 6.07 Å². The van der Waals surface area contributed by atoms with Crippen LogP contribution in [0.2, 0.25) is 0 Å². The monoisotopic (exact) mass is 421 g/mol. The van der Waals surface area contributed by atoms with Crippen molar-refractivity contribution in [3.63, 3.8) is 0 Å². The third kappa shape index (κ3) is 4.07. The summed E-state index contributed by atoms with van der Waals surface area (Å²) >= 11 is 0. The molecule has 2 heterocycles. The zero-order valence-corrected chi connectivity index (χ0v) is 14.4. The standard InChI is InChI=1S/C16H10F7N5O/c1-27-11(3-12(26-27)16(21,22)23)15(29)25-7-4-24-28(5-7)6-8-9(17)2-10(18)14(20)13(8)19/h2-5H,6H2,1H3,(H,25,29). The Labute approximate surface area is 157 Å². The summed E-state index contributed by atoms with van der Waals surface area (Å²) in [5.74, 6) is -7.54. The Morgan fingerprint density at radius 2 is 1.79 bits per heavy atom. The second-order valence-electron chi connectivity index (χ2n) is 5.86. The molecule has 0 unspecified atom stereocenters. The summed E-state index contributed by atoms with van der Waals surface area (Å²) in [6, 6.07) is 0.729. The third-order valence-electron chi connectivity index (χ3n) is 3.82. The van der Waals surface area contributed by atoms with E-state index in [4.69, 9.17) is 0 Å². The van der Waals surface area contributed by atoms with E-state index >= 15 is 0 Å². The molecule has 1 aromatic carbocycles. The Kier molecular flexibility index (Phi) is 5.07. The van der Waals surface area contributed by atoms with E-state index in [2.05, 4.69) is 15.5 Å². The molecule has 0 saturated heterocycles. The second-order valence-corrected chi connectivity index (χ2v) is 5.86. The SMILES string of the molecule is Cn1nc(C(F)(F)F)cc1C(=O)Nc1cnn(Cc2c(F)cc(F)c(F)c2F)c1. The van der Waals surface area contributed by atoms with E-state index in [1.54, 1.807) is 0 Å². The molecule has 1 amide bonds. The molecule has 6 nitrogen and oxygen atoms in total. The highest BCUT2D eigenvalue weighted by molar-refractivity contribution is 6.03. The summed E-state index contributed by atoms with van der Waals surface area (Å²) in [5.41, 5.74) is -2.48. The van der Waals surface area contributed by atoms with Gasteiger partial charge >= 0.3 is 6.18 Å². The fourth-order valence-corrected chi connectivity index (χ4v) is 2.44. The van der Waals surface area contributed by atoms with Gasteiger partial charge in [0.1, 0.15) is 11.5 Å². The van der Waals surface area contributed by atoms with Crippen LogP contribution in [0, 0.1) is 23.3 Å². The smallest absolute Gasteiger partial charge is 0.318 e. The number of anilines is 1. The summed E-state index contributed by atoms with van der Waals surface area (Å²) < 4.78 is 93.3. The topological polar surface area (TPSA) is 64.7 Å². The maximum atomic E-state index is 13.7. The Morgan fingerprint density at radius 1 is 1.10 bits per heavy atom. The van der Waals surface area contributed by atoms with Crippen LogP contribution in [-0.2, 0) is 19.8 Å². The fourth-order valence-electron chi connectivity index (χ4n) is 2.44. The minimum Gasteiger partial charge on any atom is -0.318 e. The number of carbonyl (C=O) groups excluding carboxylic acids is 1. The molecule has 0 saturated carbocycles. The zero-order chi connectivity index (χ0) is 21.5. The molecule has 0 aliphatic carbocycles. The van der Waals surface area contributed by atoms with Crippen molar-refractivity contribution in [2.24, 2.45) is 7.05 Å². The van der Waals surface area contributed by atoms with Crippen LogP contribution in [0.5, 0.6) is 0 Å². The maximum Gasteiger partial charge on any atom is 0.435 e. The van der Waals surface area contributed by atoms with E-state index in [1.807, 2.05) is 0 Å². The highest BCUT2D eigenvalue weighted by atomic mass is 19.4. The molecule has 2 aromatic heterocycles. The zero-order valence-electron chi connectivity index (χ0n) is 14.4. The predicted octanol–water partition coefficient (Wildman–Crippen LogP) is 3.49. The molecule has 0 aliphatic rings. The van der Waals surface area contributed by atoms with Gasteiger partial charge in [-0.3, -0.25) is 14.2 Å². The van der Waals surface area contributed by atoms with Crippen molar-refractivity contribution >= 4 is 11.6 Å². The molecule has 3 aromatic rings. The van der Waals surface area contributed by atoms with Gasteiger partial charge in [-0.15, -0.1) is 0 Å². The number of amides is 1. The van der Waals surface area contributed by atoms with E-state index in [-0.39, 0.29) is 11.8 Å². The van der Waals surface area contributed by atoms with Crippen LogP contribution in [-0.4, -0.2) is 25.5 Å². The normalized spacial score (nSPS) is 11.7. The van der Waals surface area contributed by atoms with Crippen molar-refractivity contribution in [1.82, 2.24) is 19.6 Å². The molecule has 0 atom stereocenters. The van der Waals surface area contributed by atoms with Gasteiger partial charge in [0.25, 0.3) is 5.91 Å². The third-order valence-corrected chi connectivity index (χ3v) is 3.82. The molecule has 3 rings (SSSR count). The Morgan fingerprint density at radius 3 is 2.41 bits per heavy atom. The highest BCUT2D eigenvalue weighted by Crippen LogP contribution is 2.28. The van der Waals surface area contributed by atoms with Crippen molar-refractivity contribution in [2.75, 3.05) is 5.32 Å². The highest BCUT2D eigenvalue weighted by Gasteiger charge is 2.35. The molecular weight excluding hydrogens is 411 g/mol. The van der Waals surface area contributed by atoms with Gasteiger partial charge in [-0.05, 0) is 0 Å². The van der Waals surface area contributed by atoms with Gasteiger partial charge in [0.2, 0.25) is 0 Å². The van der Waals surface area contributed by atoms with Gasteiger partial charge in [-0.25, -0.2) is 17.6 Å². The number of benzene rings is 1. The molecule has 13 heteroatoms. The summed E-state index contributed by atoms with van der Waals surface area (Å²) in [6.45, 7) is -0.630. The quantitative estimate of drug-likeness (QED) is 0.399. The van der Waals surface area contributed by atoms with Crippen LogP contribution >= 0.6 is 0 Å². The molecule has 0 spiro atoms. The summed E-state index contributed by atoms with van der Waals surface area (Å²) in [7, 11) is 1.14. The van der Waals surface area contributed by atoms with Crippen LogP contribution in [0.15, 0.2) is 24.5 Å². The first-order valence-corrected chi connectivity index (χ1v) is 7.74. The lowest BCUT2D eigenvalue weighted by Crippen LogP contribution is -2.15. The van der Waals surface area contributed by atoms with Crippen LogP contribution in [0.25, 0.3) is 0 Å². The van der Waals surface area contributed by atoms with Crippen molar-refractivity contribution in [1.29, 1.82) is 0 Å². The second kappa shape index (κ2) is 7.22. The van der Waals surface area contributed by atoms with Crippen molar-refractivity contribution < 1.29 is 35.5 Å². The van der Waals surface area contributed by atoms with Gasteiger partial charge in [-0.1, -0.05) is 0 Å². The van der Waals surface area contributed by atoms with Crippen LogP contribution in [0.1, 0.15) is 21.7 Å². The lowest BCUT2D eigenvalue weighted by molar-refractivity contribution is -0.141. The maximum absolute atomic E-state index is 13.7. The summed E-state index contributed by atoms with van der Waals surface area (Å²) in [5, 5.41) is 9.16. The molecule has 0 radical (unpaired) electrons. The number of alkyl halides is 3.